The number of fused-ring (bicyclic) bond motifs is 1. The van der Waals surface area contributed by atoms with Crippen molar-refractivity contribution in [2.75, 3.05) is 5.32 Å². The number of amides is 1. The van der Waals surface area contributed by atoms with Gasteiger partial charge in [-0.25, -0.2) is 14.3 Å². The molecule has 0 unspecified atom stereocenters. The second-order valence-electron chi connectivity index (χ2n) is 8.18. The van der Waals surface area contributed by atoms with Gasteiger partial charge in [-0.3, -0.25) is 5.10 Å². The predicted octanol–water partition coefficient (Wildman–Crippen LogP) is 3.41. The molecule has 0 aromatic carbocycles. The molecule has 0 spiro atoms. The normalized spacial score (nSPS) is 20.5. The molecule has 3 heterocycles. The molecule has 0 radical (unpaired) electrons. The van der Waals surface area contributed by atoms with Crippen LogP contribution in [0.2, 0.25) is 0 Å². The minimum Gasteiger partial charge on any atom is -0.446 e. The highest BCUT2D eigenvalue weighted by Crippen LogP contribution is 2.36. The molecule has 0 aliphatic heterocycles. The molecule has 166 valence electrons. The lowest BCUT2D eigenvalue weighted by Gasteiger charge is -2.16. The molecule has 1 amide bonds. The molecule has 1 aliphatic carbocycles. The zero-order valence-electron chi connectivity index (χ0n) is 18.0. The van der Waals surface area contributed by atoms with E-state index in [1.807, 2.05) is 19.9 Å². The number of aliphatic hydroxyl groups is 1. The molecular formula is C21H29N7O3. The number of nitrogens with zero attached hydrogens (tertiary/aromatic N) is 4. The zero-order valence-corrected chi connectivity index (χ0v) is 18.0. The van der Waals surface area contributed by atoms with Crippen LogP contribution in [-0.4, -0.2) is 48.1 Å². The Morgan fingerprint density at radius 1 is 1.39 bits per heavy atom. The van der Waals surface area contributed by atoms with Crippen molar-refractivity contribution < 1.29 is 14.6 Å². The van der Waals surface area contributed by atoms with Crippen LogP contribution in [0.1, 0.15) is 69.9 Å². The van der Waals surface area contributed by atoms with Crippen LogP contribution in [0.15, 0.2) is 24.5 Å². The van der Waals surface area contributed by atoms with Gasteiger partial charge in [-0.05, 0) is 45.6 Å². The highest BCUT2D eigenvalue weighted by atomic mass is 16.6. The number of H-pyrrole nitrogens is 1. The second kappa shape index (κ2) is 8.93. The molecule has 3 aromatic heterocycles. The monoisotopic (exact) mass is 427 g/mol. The van der Waals surface area contributed by atoms with Crippen LogP contribution >= 0.6 is 0 Å². The van der Waals surface area contributed by atoms with E-state index in [0.717, 1.165) is 36.9 Å². The summed E-state index contributed by atoms with van der Waals surface area (Å²) >= 11 is 0. The van der Waals surface area contributed by atoms with Gasteiger partial charge >= 0.3 is 6.09 Å². The third-order valence-corrected chi connectivity index (χ3v) is 5.76. The van der Waals surface area contributed by atoms with Crippen molar-refractivity contribution >= 4 is 23.2 Å². The predicted molar refractivity (Wildman–Crippen MR) is 115 cm³/mol. The number of rotatable bonds is 7. The Morgan fingerprint density at radius 3 is 3.00 bits per heavy atom. The van der Waals surface area contributed by atoms with E-state index in [2.05, 4.69) is 30.9 Å². The minimum atomic E-state index is -0.658. The highest BCUT2D eigenvalue weighted by Gasteiger charge is 2.30. The van der Waals surface area contributed by atoms with Gasteiger partial charge in [0.1, 0.15) is 11.6 Å². The van der Waals surface area contributed by atoms with Gasteiger partial charge in [0, 0.05) is 36.1 Å². The fourth-order valence-corrected chi connectivity index (χ4v) is 3.79. The van der Waals surface area contributed by atoms with E-state index in [1.54, 1.807) is 29.9 Å². The molecule has 31 heavy (non-hydrogen) atoms. The van der Waals surface area contributed by atoms with E-state index in [9.17, 15) is 9.90 Å². The number of hydrogen-bond donors (Lipinski definition) is 4. The molecule has 0 saturated heterocycles. The maximum absolute atomic E-state index is 12.0. The Balaban J connectivity index is 1.39. The number of nitrogens with one attached hydrogen (secondary N) is 3. The molecule has 4 atom stereocenters. The van der Waals surface area contributed by atoms with E-state index in [0.29, 0.717) is 17.3 Å². The van der Waals surface area contributed by atoms with E-state index in [-0.39, 0.29) is 24.2 Å². The quantitative estimate of drug-likeness (QED) is 0.455. The summed E-state index contributed by atoms with van der Waals surface area (Å²) < 4.78 is 7.24. The zero-order chi connectivity index (χ0) is 22.0. The number of carbonyl (C=O) groups is 1. The molecule has 4 N–H and O–H groups in total. The summed E-state index contributed by atoms with van der Waals surface area (Å²) in [5, 5.41) is 27.7. The average molecular weight is 428 g/mol. The standard InChI is InChI=1S/C21H29N7O3/c1-4-12(2)23-21(30)31-15-6-5-14(9-15)17-11-19(26-25-17)24-20-18-10-16(13(3)29)27-28(18)8-7-22-20/h7-8,10-15,29H,4-6,9H2,1-3H3,(H,23,30)(H2,22,24,25,26)/t12-,13-,14+,15-/m1/s1. The lowest BCUT2D eigenvalue weighted by Crippen LogP contribution is -2.34. The van der Waals surface area contributed by atoms with Gasteiger partial charge < -0.3 is 20.5 Å². The summed E-state index contributed by atoms with van der Waals surface area (Å²) in [7, 11) is 0. The van der Waals surface area contributed by atoms with Crippen LogP contribution < -0.4 is 10.6 Å². The first-order chi connectivity index (χ1) is 14.9. The summed E-state index contributed by atoms with van der Waals surface area (Å²) in [5.74, 6) is 1.51. The number of aromatic amines is 1. The number of alkyl carbamates (subject to hydrolysis) is 1. The lowest BCUT2D eigenvalue weighted by molar-refractivity contribution is 0.0974. The van der Waals surface area contributed by atoms with Crippen molar-refractivity contribution in [3.05, 3.63) is 35.9 Å². The number of hydrogen-bond acceptors (Lipinski definition) is 7. The first kappa shape index (κ1) is 21.1. The van der Waals surface area contributed by atoms with Crippen molar-refractivity contribution in [3.63, 3.8) is 0 Å². The van der Waals surface area contributed by atoms with Crippen molar-refractivity contribution in [3.8, 4) is 0 Å². The number of aliphatic hydroxyl groups excluding tert-OH is 1. The Kier molecular flexibility index (Phi) is 6.08. The molecule has 1 saturated carbocycles. The van der Waals surface area contributed by atoms with E-state index >= 15 is 0 Å². The van der Waals surface area contributed by atoms with Crippen molar-refractivity contribution in [1.82, 2.24) is 30.1 Å². The molecule has 10 nitrogen and oxygen atoms in total. The average Bonchev–Trinajstić information content (AvgIpc) is 3.47. The second-order valence-corrected chi connectivity index (χ2v) is 8.18. The summed E-state index contributed by atoms with van der Waals surface area (Å²) in [6.07, 6.45) is 5.69. The highest BCUT2D eigenvalue weighted by molar-refractivity contribution is 5.72. The van der Waals surface area contributed by atoms with Gasteiger partial charge in [0.2, 0.25) is 0 Å². The maximum atomic E-state index is 12.0. The van der Waals surface area contributed by atoms with Gasteiger partial charge in [0.25, 0.3) is 0 Å². The molecule has 10 heteroatoms. The van der Waals surface area contributed by atoms with Crippen LogP contribution in [0, 0.1) is 0 Å². The first-order valence-corrected chi connectivity index (χ1v) is 10.7. The molecule has 0 bridgehead atoms. The third kappa shape index (κ3) is 4.79. The van der Waals surface area contributed by atoms with E-state index in [1.165, 1.54) is 0 Å². The smallest absolute Gasteiger partial charge is 0.407 e. The van der Waals surface area contributed by atoms with Gasteiger partial charge in [-0.15, -0.1) is 0 Å². The van der Waals surface area contributed by atoms with Crippen molar-refractivity contribution in [2.45, 2.75) is 70.6 Å². The molecular weight excluding hydrogens is 398 g/mol. The van der Waals surface area contributed by atoms with Gasteiger partial charge in [-0.1, -0.05) is 6.92 Å². The summed E-state index contributed by atoms with van der Waals surface area (Å²) in [5.41, 5.74) is 2.33. The third-order valence-electron chi connectivity index (χ3n) is 5.76. The maximum Gasteiger partial charge on any atom is 0.407 e. The number of anilines is 2. The van der Waals surface area contributed by atoms with Gasteiger partial charge in [0.15, 0.2) is 11.6 Å². The molecule has 1 fully saturated rings. The Bertz CT molecular complexity index is 1040. The number of ether oxygens (including phenoxy) is 1. The van der Waals surface area contributed by atoms with E-state index < -0.39 is 6.10 Å². The first-order valence-electron chi connectivity index (χ1n) is 10.7. The molecule has 3 aromatic rings. The fourth-order valence-electron chi connectivity index (χ4n) is 3.79. The van der Waals surface area contributed by atoms with Crippen LogP contribution in [0.25, 0.3) is 5.52 Å². The van der Waals surface area contributed by atoms with Crippen LogP contribution in [0.3, 0.4) is 0 Å². The minimum absolute atomic E-state index is 0.0881. The van der Waals surface area contributed by atoms with Crippen LogP contribution in [0.4, 0.5) is 16.4 Å². The van der Waals surface area contributed by atoms with Gasteiger partial charge in [0.05, 0.1) is 11.8 Å². The summed E-state index contributed by atoms with van der Waals surface area (Å²) in [4.78, 5) is 16.4. The molecule has 1 aliphatic rings. The summed E-state index contributed by atoms with van der Waals surface area (Å²) in [6.45, 7) is 5.66. The number of carbonyl (C=O) groups excluding carboxylic acids is 1. The van der Waals surface area contributed by atoms with Crippen LogP contribution in [-0.2, 0) is 4.74 Å². The lowest BCUT2D eigenvalue weighted by atomic mass is 10.0. The summed E-state index contributed by atoms with van der Waals surface area (Å²) in [6, 6.07) is 3.87. The van der Waals surface area contributed by atoms with E-state index in [4.69, 9.17) is 4.74 Å². The number of aromatic nitrogens is 5. The largest absolute Gasteiger partial charge is 0.446 e. The Hall–Kier alpha value is -3.14. The van der Waals surface area contributed by atoms with Crippen molar-refractivity contribution in [2.24, 2.45) is 0 Å². The Labute approximate surface area is 180 Å². The molecule has 4 rings (SSSR count). The topological polar surface area (TPSA) is 129 Å². The Morgan fingerprint density at radius 2 is 2.23 bits per heavy atom. The van der Waals surface area contributed by atoms with Crippen molar-refractivity contribution in [1.29, 1.82) is 0 Å². The fraction of sp³-hybridized carbons (Fsp3) is 0.524. The van der Waals surface area contributed by atoms with Gasteiger partial charge in [-0.2, -0.15) is 10.2 Å². The van der Waals surface area contributed by atoms with Crippen LogP contribution in [0.5, 0.6) is 0 Å². The SMILES string of the molecule is CC[C@@H](C)NC(=O)O[C@@H]1CC[C@H](c2cc(Nc3nccn4nc([C@@H](C)O)cc34)n[nH]2)C1.